The van der Waals surface area contributed by atoms with Gasteiger partial charge in [-0.3, -0.25) is 9.59 Å². The first-order valence-electron chi connectivity index (χ1n) is 11.1. The maximum absolute atomic E-state index is 12.3. The van der Waals surface area contributed by atoms with Crippen molar-refractivity contribution in [3.05, 3.63) is 41.5 Å². The quantitative estimate of drug-likeness (QED) is 0.540. The van der Waals surface area contributed by atoms with Crippen LogP contribution >= 0.6 is 0 Å². The molecular formula is C26H30O6. The number of benzene rings is 2. The van der Waals surface area contributed by atoms with Gasteiger partial charge in [-0.05, 0) is 56.4 Å². The lowest BCUT2D eigenvalue weighted by Gasteiger charge is -2.31. The molecule has 1 saturated carbocycles. The van der Waals surface area contributed by atoms with Crippen LogP contribution in [0.2, 0.25) is 0 Å². The lowest BCUT2D eigenvalue weighted by Crippen LogP contribution is -2.38. The summed E-state index contributed by atoms with van der Waals surface area (Å²) in [4.78, 5) is 24.4. The minimum atomic E-state index is -0.803. The van der Waals surface area contributed by atoms with Gasteiger partial charge in [0.2, 0.25) is 5.75 Å². The largest absolute Gasteiger partial charge is 0.493 e. The van der Waals surface area contributed by atoms with E-state index in [4.69, 9.17) is 18.9 Å². The number of aryl methyl sites for hydroxylation is 1. The molecule has 6 nitrogen and oxygen atoms in total. The van der Waals surface area contributed by atoms with E-state index in [9.17, 15) is 9.59 Å². The Morgan fingerprint density at radius 2 is 1.75 bits per heavy atom. The third kappa shape index (κ3) is 4.31. The fraction of sp³-hybridized carbons (Fsp3) is 0.462. The molecule has 0 unspecified atom stereocenters. The van der Waals surface area contributed by atoms with Crippen LogP contribution in [-0.2, 0) is 16.0 Å². The van der Waals surface area contributed by atoms with Gasteiger partial charge in [-0.2, -0.15) is 0 Å². The first-order chi connectivity index (χ1) is 15.3. The van der Waals surface area contributed by atoms with Crippen molar-refractivity contribution in [1.82, 2.24) is 0 Å². The molecule has 0 amide bonds. The summed E-state index contributed by atoms with van der Waals surface area (Å²) in [6.45, 7) is 3.85. The smallest absolute Gasteiger partial charge is 0.309 e. The zero-order chi connectivity index (χ0) is 22.9. The van der Waals surface area contributed by atoms with Crippen molar-refractivity contribution in [2.24, 2.45) is 5.92 Å². The highest BCUT2D eigenvalue weighted by molar-refractivity contribution is 6.01. The highest BCUT2D eigenvalue weighted by atomic mass is 16.6. The van der Waals surface area contributed by atoms with E-state index in [1.807, 2.05) is 44.2 Å². The summed E-state index contributed by atoms with van der Waals surface area (Å²) < 4.78 is 23.1. The highest BCUT2D eigenvalue weighted by Gasteiger charge is 2.33. The molecule has 0 aliphatic heterocycles. The van der Waals surface area contributed by atoms with Crippen molar-refractivity contribution < 1.29 is 28.5 Å². The topological polar surface area (TPSA) is 71.1 Å². The first-order valence-corrected chi connectivity index (χ1v) is 11.1. The molecule has 0 radical (unpaired) electrons. The molecule has 0 atom stereocenters. The van der Waals surface area contributed by atoms with Crippen LogP contribution < -0.4 is 14.2 Å². The standard InChI is InChI=1S/C26H30O6/c1-26(2,32-25(28)16-6-5-7-16)15-31-23-20(11-13-22(29-3)24(23)30-4)18-8-10-19-17(14-18)9-12-21(19)27/h8,10-11,13-14,16H,5-7,9,12,15H2,1-4H3. The Labute approximate surface area is 188 Å². The van der Waals surface area contributed by atoms with E-state index in [1.54, 1.807) is 14.2 Å². The van der Waals surface area contributed by atoms with Gasteiger partial charge in [-0.1, -0.05) is 24.6 Å². The SMILES string of the molecule is COc1ccc(-c2ccc3c(c2)CCC3=O)c(OCC(C)(C)OC(=O)C2CCC2)c1OC. The molecule has 0 bridgehead atoms. The summed E-state index contributed by atoms with van der Waals surface area (Å²) in [5.41, 5.74) is 2.79. The second kappa shape index (κ2) is 8.85. The Kier molecular flexibility index (Phi) is 6.13. The molecule has 0 saturated heterocycles. The number of fused-ring (bicyclic) bond motifs is 1. The molecular weight excluding hydrogens is 408 g/mol. The van der Waals surface area contributed by atoms with Crippen LogP contribution in [0, 0.1) is 5.92 Å². The number of Topliss-reactive ketones (excluding diaryl/α,β-unsaturated/α-hetero) is 1. The molecule has 4 rings (SSSR count). The molecule has 0 spiro atoms. The number of ketones is 1. The van der Waals surface area contributed by atoms with Crippen molar-refractivity contribution in [2.75, 3.05) is 20.8 Å². The minimum absolute atomic E-state index is 0.00492. The summed E-state index contributed by atoms with van der Waals surface area (Å²) in [5, 5.41) is 0. The third-order valence-corrected chi connectivity index (χ3v) is 6.22. The van der Waals surface area contributed by atoms with E-state index in [0.717, 1.165) is 47.9 Å². The number of rotatable bonds is 8. The first kappa shape index (κ1) is 22.2. The van der Waals surface area contributed by atoms with Gasteiger partial charge in [0.15, 0.2) is 17.3 Å². The number of hydrogen-bond donors (Lipinski definition) is 0. The predicted molar refractivity (Wildman–Crippen MR) is 121 cm³/mol. The van der Waals surface area contributed by atoms with Crippen molar-refractivity contribution in [3.63, 3.8) is 0 Å². The second-order valence-electron chi connectivity index (χ2n) is 9.07. The highest BCUT2D eigenvalue weighted by Crippen LogP contribution is 2.45. The van der Waals surface area contributed by atoms with Gasteiger partial charge in [-0.15, -0.1) is 0 Å². The third-order valence-electron chi connectivity index (χ3n) is 6.22. The average molecular weight is 439 g/mol. The minimum Gasteiger partial charge on any atom is -0.493 e. The van der Waals surface area contributed by atoms with Crippen LogP contribution in [0.15, 0.2) is 30.3 Å². The summed E-state index contributed by atoms with van der Waals surface area (Å²) >= 11 is 0. The van der Waals surface area contributed by atoms with Gasteiger partial charge in [0.25, 0.3) is 0 Å². The van der Waals surface area contributed by atoms with E-state index in [-0.39, 0.29) is 24.3 Å². The molecule has 2 aromatic carbocycles. The summed E-state index contributed by atoms with van der Waals surface area (Å²) in [7, 11) is 3.14. The molecule has 2 aliphatic rings. The van der Waals surface area contributed by atoms with Gasteiger partial charge in [0, 0.05) is 17.5 Å². The Bertz CT molecular complexity index is 1030. The molecule has 32 heavy (non-hydrogen) atoms. The average Bonchev–Trinajstić information content (AvgIpc) is 3.09. The zero-order valence-electron chi connectivity index (χ0n) is 19.2. The molecule has 6 heteroatoms. The van der Waals surface area contributed by atoms with Crippen LogP contribution in [0.3, 0.4) is 0 Å². The van der Waals surface area contributed by atoms with E-state index >= 15 is 0 Å². The van der Waals surface area contributed by atoms with Gasteiger partial charge < -0.3 is 18.9 Å². The van der Waals surface area contributed by atoms with Crippen LogP contribution in [-0.4, -0.2) is 38.2 Å². The van der Waals surface area contributed by atoms with Crippen molar-refractivity contribution in [3.8, 4) is 28.4 Å². The lowest BCUT2D eigenvalue weighted by atomic mass is 9.85. The van der Waals surface area contributed by atoms with E-state index in [1.165, 1.54) is 0 Å². The van der Waals surface area contributed by atoms with Gasteiger partial charge in [-0.25, -0.2) is 0 Å². The van der Waals surface area contributed by atoms with Crippen molar-refractivity contribution in [1.29, 1.82) is 0 Å². The number of ether oxygens (including phenoxy) is 4. The number of carbonyl (C=O) groups excluding carboxylic acids is 2. The normalized spacial score (nSPS) is 15.7. The van der Waals surface area contributed by atoms with Crippen LogP contribution in [0.4, 0.5) is 0 Å². The van der Waals surface area contributed by atoms with Crippen LogP contribution in [0.5, 0.6) is 17.2 Å². The van der Waals surface area contributed by atoms with Crippen LogP contribution in [0.25, 0.3) is 11.1 Å². The monoisotopic (exact) mass is 438 g/mol. The Morgan fingerprint density at radius 3 is 2.41 bits per heavy atom. The van der Waals surface area contributed by atoms with E-state index < -0.39 is 5.60 Å². The lowest BCUT2D eigenvalue weighted by molar-refractivity contribution is -0.167. The Hall–Kier alpha value is -3.02. The maximum atomic E-state index is 12.3. The molecule has 0 aromatic heterocycles. The Balaban J connectivity index is 1.64. The molecule has 170 valence electrons. The van der Waals surface area contributed by atoms with Gasteiger partial charge in [0.1, 0.15) is 12.2 Å². The Morgan fingerprint density at radius 1 is 1.00 bits per heavy atom. The summed E-state index contributed by atoms with van der Waals surface area (Å²) in [6, 6.07) is 9.60. The zero-order valence-corrected chi connectivity index (χ0v) is 19.2. The number of hydrogen-bond acceptors (Lipinski definition) is 6. The number of esters is 1. The molecule has 2 aliphatic carbocycles. The fourth-order valence-corrected chi connectivity index (χ4v) is 4.17. The molecule has 1 fully saturated rings. The van der Waals surface area contributed by atoms with E-state index in [2.05, 4.69) is 0 Å². The fourth-order valence-electron chi connectivity index (χ4n) is 4.17. The van der Waals surface area contributed by atoms with Crippen molar-refractivity contribution >= 4 is 11.8 Å². The molecule has 0 heterocycles. The number of methoxy groups -OCH3 is 2. The molecule has 2 aromatic rings. The second-order valence-corrected chi connectivity index (χ2v) is 9.07. The number of carbonyl (C=O) groups is 2. The maximum Gasteiger partial charge on any atom is 0.309 e. The summed E-state index contributed by atoms with van der Waals surface area (Å²) in [6.07, 6.45) is 4.16. The predicted octanol–water partition coefficient (Wildman–Crippen LogP) is 5.00. The summed E-state index contributed by atoms with van der Waals surface area (Å²) in [5.74, 6) is 1.57. The van der Waals surface area contributed by atoms with Gasteiger partial charge >= 0.3 is 5.97 Å². The van der Waals surface area contributed by atoms with Gasteiger partial charge in [0.05, 0.1) is 20.1 Å². The van der Waals surface area contributed by atoms with E-state index in [0.29, 0.717) is 23.7 Å². The molecule has 0 N–H and O–H groups in total. The van der Waals surface area contributed by atoms with Crippen molar-refractivity contribution in [2.45, 2.75) is 51.6 Å². The van der Waals surface area contributed by atoms with Crippen LogP contribution in [0.1, 0.15) is 55.5 Å².